The molecule has 0 bridgehead atoms. The first-order valence-corrected chi connectivity index (χ1v) is 5.79. The lowest BCUT2D eigenvalue weighted by atomic mass is 10.3. The van der Waals surface area contributed by atoms with Gasteiger partial charge in [0, 0.05) is 0 Å². The van der Waals surface area contributed by atoms with Crippen LogP contribution in [0.4, 0.5) is 24.7 Å². The summed E-state index contributed by atoms with van der Waals surface area (Å²) in [6.45, 7) is 0. The number of hydrogen-bond donors (Lipinski definition) is 2. The molecule has 0 unspecified atom stereocenters. The normalized spacial score (nSPS) is 11.6. The first kappa shape index (κ1) is 13.2. The fourth-order valence-corrected chi connectivity index (χ4v) is 1.77. The maximum Gasteiger partial charge on any atom is 0.573 e. The number of fused-ring (bicyclic) bond motifs is 1. The molecule has 0 aliphatic carbocycles. The molecule has 6 nitrogen and oxygen atoms in total. The Bertz CT molecular complexity index is 771. The van der Waals surface area contributed by atoms with Crippen LogP contribution in [0.25, 0.3) is 11.2 Å². The molecule has 0 aliphatic rings. The van der Waals surface area contributed by atoms with Crippen molar-refractivity contribution in [1.29, 1.82) is 0 Å². The molecule has 21 heavy (non-hydrogen) atoms. The zero-order valence-electron chi connectivity index (χ0n) is 10.3. The number of ether oxygens (including phenoxy) is 1. The van der Waals surface area contributed by atoms with Crippen molar-refractivity contribution in [2.75, 3.05) is 5.32 Å². The van der Waals surface area contributed by atoms with E-state index in [1.54, 1.807) is 6.07 Å². The van der Waals surface area contributed by atoms with E-state index in [2.05, 4.69) is 30.0 Å². The van der Waals surface area contributed by atoms with Gasteiger partial charge in [-0.15, -0.1) is 13.2 Å². The molecule has 1 aromatic carbocycles. The number of nitrogens with one attached hydrogen (secondary N) is 2. The summed E-state index contributed by atoms with van der Waals surface area (Å²) in [6, 6.07) is 5.67. The van der Waals surface area contributed by atoms with E-state index in [1.165, 1.54) is 30.9 Å². The Hall–Kier alpha value is -2.84. The van der Waals surface area contributed by atoms with Gasteiger partial charge in [-0.05, 0) is 12.1 Å². The van der Waals surface area contributed by atoms with Gasteiger partial charge >= 0.3 is 6.36 Å². The molecule has 0 atom stereocenters. The quantitative estimate of drug-likeness (QED) is 0.777. The summed E-state index contributed by atoms with van der Waals surface area (Å²) in [6.07, 6.45) is -2.08. The average molecular weight is 295 g/mol. The van der Waals surface area contributed by atoms with E-state index in [9.17, 15) is 13.2 Å². The lowest BCUT2D eigenvalue weighted by molar-refractivity contribution is -0.274. The number of aromatic amines is 1. The Kier molecular flexibility index (Phi) is 3.09. The predicted octanol–water partition coefficient (Wildman–Crippen LogP) is 3.00. The molecular weight excluding hydrogens is 287 g/mol. The summed E-state index contributed by atoms with van der Waals surface area (Å²) in [7, 11) is 0. The van der Waals surface area contributed by atoms with Crippen LogP contribution >= 0.6 is 0 Å². The van der Waals surface area contributed by atoms with Crippen molar-refractivity contribution in [3.8, 4) is 5.75 Å². The Morgan fingerprint density at radius 3 is 2.71 bits per heavy atom. The van der Waals surface area contributed by atoms with E-state index in [-0.39, 0.29) is 17.3 Å². The third-order valence-electron chi connectivity index (χ3n) is 2.58. The summed E-state index contributed by atoms with van der Waals surface area (Å²) < 4.78 is 41.1. The molecule has 0 saturated carbocycles. The number of para-hydroxylation sites is 2. The zero-order chi connectivity index (χ0) is 14.9. The van der Waals surface area contributed by atoms with Crippen LogP contribution in [0.1, 0.15) is 0 Å². The van der Waals surface area contributed by atoms with E-state index < -0.39 is 6.36 Å². The number of rotatable bonds is 3. The van der Waals surface area contributed by atoms with Crippen molar-refractivity contribution in [2.24, 2.45) is 0 Å². The summed E-state index contributed by atoms with van der Waals surface area (Å²) >= 11 is 0. The average Bonchev–Trinajstić information content (AvgIpc) is 2.89. The summed E-state index contributed by atoms with van der Waals surface area (Å²) in [5.74, 6) is -0.0771. The predicted molar refractivity (Wildman–Crippen MR) is 68.1 cm³/mol. The van der Waals surface area contributed by atoms with Crippen LogP contribution in [0.15, 0.2) is 36.9 Å². The fraction of sp³-hybridized carbons (Fsp3) is 0.0833. The monoisotopic (exact) mass is 295 g/mol. The maximum atomic E-state index is 12.4. The van der Waals surface area contributed by atoms with Crippen LogP contribution < -0.4 is 10.1 Å². The molecule has 0 saturated heterocycles. The number of H-pyrrole nitrogens is 1. The van der Waals surface area contributed by atoms with Gasteiger partial charge in [-0.2, -0.15) is 0 Å². The molecule has 2 aromatic heterocycles. The first-order valence-electron chi connectivity index (χ1n) is 5.79. The maximum absolute atomic E-state index is 12.4. The third-order valence-corrected chi connectivity index (χ3v) is 2.58. The standard InChI is InChI=1S/C12H8F3N5O/c13-12(14,15)21-8-4-2-1-3-7(8)20-11-9-10(17-5-16-9)18-6-19-11/h1-6H,(H2,16,17,18,19,20). The van der Waals surface area contributed by atoms with Gasteiger partial charge in [0.25, 0.3) is 0 Å². The van der Waals surface area contributed by atoms with Gasteiger partial charge in [0.2, 0.25) is 0 Å². The summed E-state index contributed by atoms with van der Waals surface area (Å²) in [5, 5.41) is 2.77. The highest BCUT2D eigenvalue weighted by Gasteiger charge is 2.32. The lowest BCUT2D eigenvalue weighted by Gasteiger charge is -2.14. The van der Waals surface area contributed by atoms with Crippen LogP contribution in [0.5, 0.6) is 5.75 Å². The SMILES string of the molecule is FC(F)(F)Oc1ccccc1Nc1ncnc2[nH]cnc12. The summed E-state index contributed by atoms with van der Waals surface area (Å²) in [4.78, 5) is 14.7. The van der Waals surface area contributed by atoms with Crippen LogP contribution in [-0.2, 0) is 0 Å². The highest BCUT2D eigenvalue weighted by Crippen LogP contribution is 2.32. The van der Waals surface area contributed by atoms with Gasteiger partial charge < -0.3 is 15.0 Å². The second kappa shape index (κ2) is 4.93. The summed E-state index contributed by atoms with van der Waals surface area (Å²) in [5.41, 5.74) is 1.01. The zero-order valence-corrected chi connectivity index (χ0v) is 10.3. The molecule has 2 heterocycles. The Morgan fingerprint density at radius 1 is 1.10 bits per heavy atom. The molecule has 0 spiro atoms. The number of imidazole rings is 1. The van der Waals surface area contributed by atoms with Gasteiger partial charge in [-0.25, -0.2) is 15.0 Å². The van der Waals surface area contributed by atoms with Gasteiger partial charge in [-0.1, -0.05) is 12.1 Å². The van der Waals surface area contributed by atoms with Crippen LogP contribution in [0, 0.1) is 0 Å². The second-order valence-corrected chi connectivity index (χ2v) is 3.99. The third kappa shape index (κ3) is 2.86. The smallest absolute Gasteiger partial charge is 0.404 e. The highest BCUT2D eigenvalue weighted by atomic mass is 19.4. The molecule has 2 N–H and O–H groups in total. The second-order valence-electron chi connectivity index (χ2n) is 3.99. The Labute approximate surface area is 116 Å². The van der Waals surface area contributed by atoms with Crippen LogP contribution in [-0.4, -0.2) is 26.3 Å². The van der Waals surface area contributed by atoms with E-state index in [0.717, 1.165) is 0 Å². The largest absolute Gasteiger partial charge is 0.573 e. The molecular formula is C12H8F3N5O. The topological polar surface area (TPSA) is 75.7 Å². The Morgan fingerprint density at radius 2 is 1.90 bits per heavy atom. The first-order chi connectivity index (χ1) is 10.0. The van der Waals surface area contributed by atoms with Gasteiger partial charge in [0.05, 0.1) is 12.0 Å². The van der Waals surface area contributed by atoms with Crippen molar-refractivity contribution in [1.82, 2.24) is 19.9 Å². The molecule has 0 fully saturated rings. The van der Waals surface area contributed by atoms with Crippen molar-refractivity contribution in [2.45, 2.75) is 6.36 Å². The number of nitrogens with zero attached hydrogens (tertiary/aromatic N) is 3. The number of alkyl halides is 3. The molecule has 9 heteroatoms. The van der Waals surface area contributed by atoms with Crippen molar-refractivity contribution < 1.29 is 17.9 Å². The minimum atomic E-state index is -4.77. The minimum absolute atomic E-state index is 0.123. The molecule has 0 aliphatic heterocycles. The number of anilines is 2. The van der Waals surface area contributed by atoms with Crippen molar-refractivity contribution in [3.63, 3.8) is 0 Å². The number of aromatic nitrogens is 4. The fourth-order valence-electron chi connectivity index (χ4n) is 1.77. The molecule has 108 valence electrons. The van der Waals surface area contributed by atoms with Crippen LogP contribution in [0.2, 0.25) is 0 Å². The molecule has 3 aromatic rings. The molecule has 0 radical (unpaired) electrons. The van der Waals surface area contributed by atoms with Gasteiger partial charge in [0.15, 0.2) is 22.7 Å². The van der Waals surface area contributed by atoms with Gasteiger partial charge in [-0.3, -0.25) is 0 Å². The Balaban J connectivity index is 1.97. The van der Waals surface area contributed by atoms with E-state index in [1.807, 2.05) is 0 Å². The van der Waals surface area contributed by atoms with Crippen molar-refractivity contribution >= 4 is 22.7 Å². The minimum Gasteiger partial charge on any atom is -0.404 e. The molecule has 3 rings (SSSR count). The van der Waals surface area contributed by atoms with Gasteiger partial charge in [0.1, 0.15) is 6.33 Å². The lowest BCUT2D eigenvalue weighted by Crippen LogP contribution is -2.17. The number of halogens is 3. The van der Waals surface area contributed by atoms with E-state index in [4.69, 9.17) is 0 Å². The molecule has 0 amide bonds. The van der Waals surface area contributed by atoms with E-state index >= 15 is 0 Å². The highest BCUT2D eigenvalue weighted by molar-refractivity contribution is 5.85. The van der Waals surface area contributed by atoms with Crippen molar-refractivity contribution in [3.05, 3.63) is 36.9 Å². The number of benzene rings is 1. The van der Waals surface area contributed by atoms with Crippen LogP contribution in [0.3, 0.4) is 0 Å². The number of hydrogen-bond acceptors (Lipinski definition) is 5. The van der Waals surface area contributed by atoms with E-state index in [0.29, 0.717) is 11.2 Å².